The van der Waals surface area contributed by atoms with Gasteiger partial charge in [-0.3, -0.25) is 9.69 Å². The normalized spacial score (nSPS) is 24.2. The molecule has 1 saturated heterocycles. The van der Waals surface area contributed by atoms with Crippen molar-refractivity contribution in [3.63, 3.8) is 0 Å². The van der Waals surface area contributed by atoms with Crippen LogP contribution in [0.25, 0.3) is 0 Å². The van der Waals surface area contributed by atoms with Crippen molar-refractivity contribution < 1.29 is 19.1 Å². The van der Waals surface area contributed by atoms with Crippen LogP contribution < -0.4 is 0 Å². The van der Waals surface area contributed by atoms with E-state index in [1.807, 2.05) is 41.5 Å². The summed E-state index contributed by atoms with van der Waals surface area (Å²) in [7, 11) is 0. The van der Waals surface area contributed by atoms with Crippen molar-refractivity contribution >= 4 is 11.9 Å². The molecule has 1 heterocycles. The molecule has 5 heteroatoms. The van der Waals surface area contributed by atoms with Crippen molar-refractivity contribution in [3.8, 4) is 0 Å². The summed E-state index contributed by atoms with van der Waals surface area (Å²) in [6.07, 6.45) is -0.684. The van der Waals surface area contributed by atoms with E-state index in [1.54, 1.807) is 4.90 Å². The number of rotatable bonds is 2. The average molecular weight is 271 g/mol. The van der Waals surface area contributed by atoms with Crippen LogP contribution in [-0.4, -0.2) is 40.8 Å². The van der Waals surface area contributed by atoms with Gasteiger partial charge in [0.25, 0.3) is 0 Å². The molecule has 0 N–H and O–H groups in total. The highest BCUT2D eigenvalue weighted by Crippen LogP contribution is 2.31. The molecular weight excluding hydrogens is 246 g/mol. The van der Waals surface area contributed by atoms with Crippen LogP contribution in [0.2, 0.25) is 0 Å². The molecule has 0 spiro atoms. The van der Waals surface area contributed by atoms with E-state index in [9.17, 15) is 9.59 Å². The molecule has 0 aromatic carbocycles. The van der Waals surface area contributed by atoms with Gasteiger partial charge < -0.3 is 9.47 Å². The lowest BCUT2D eigenvalue weighted by molar-refractivity contribution is -0.128. The van der Waals surface area contributed by atoms with E-state index in [0.717, 1.165) is 0 Å². The summed E-state index contributed by atoms with van der Waals surface area (Å²) < 4.78 is 11.2. The maximum absolute atomic E-state index is 12.2. The first kappa shape index (κ1) is 16.0. The third-order valence-electron chi connectivity index (χ3n) is 3.27. The lowest BCUT2D eigenvalue weighted by atomic mass is 10.0. The fourth-order valence-electron chi connectivity index (χ4n) is 2.00. The monoisotopic (exact) mass is 271 g/mol. The Morgan fingerprint density at radius 3 is 2.32 bits per heavy atom. The molecule has 0 aromatic rings. The number of carbonyl (C=O) groups excluding carboxylic acids is 2. The predicted molar refractivity (Wildman–Crippen MR) is 71.7 cm³/mol. The van der Waals surface area contributed by atoms with Crippen LogP contribution in [0.15, 0.2) is 0 Å². The van der Waals surface area contributed by atoms with Gasteiger partial charge in [-0.25, -0.2) is 4.79 Å². The molecule has 0 unspecified atom stereocenters. The molecule has 0 aromatic heterocycles. The van der Waals surface area contributed by atoms with Crippen LogP contribution in [0.3, 0.4) is 0 Å². The molecule has 1 aliphatic heterocycles. The Morgan fingerprint density at radius 2 is 1.89 bits per heavy atom. The summed E-state index contributed by atoms with van der Waals surface area (Å²) in [5.74, 6) is -0.168. The largest absolute Gasteiger partial charge is 0.444 e. The van der Waals surface area contributed by atoms with E-state index in [1.165, 1.54) is 6.92 Å². The number of amides is 1. The van der Waals surface area contributed by atoms with E-state index in [2.05, 4.69) is 0 Å². The fraction of sp³-hybridized carbons (Fsp3) is 0.857. The first-order valence-electron chi connectivity index (χ1n) is 6.63. The highest BCUT2D eigenvalue weighted by molar-refractivity contribution is 5.78. The number of ether oxygens (including phenoxy) is 2. The van der Waals surface area contributed by atoms with E-state index in [0.29, 0.717) is 6.54 Å². The fourth-order valence-corrected chi connectivity index (χ4v) is 2.00. The first-order chi connectivity index (χ1) is 8.44. The lowest BCUT2D eigenvalue weighted by Crippen LogP contribution is -2.46. The second kappa shape index (κ2) is 5.12. The first-order valence-corrected chi connectivity index (χ1v) is 6.63. The van der Waals surface area contributed by atoms with Crippen molar-refractivity contribution in [2.45, 2.75) is 65.9 Å². The molecule has 110 valence electrons. The minimum absolute atomic E-state index is 0.0619. The summed E-state index contributed by atoms with van der Waals surface area (Å²) >= 11 is 0. The topological polar surface area (TPSA) is 55.8 Å². The van der Waals surface area contributed by atoms with Crippen molar-refractivity contribution in [2.24, 2.45) is 5.92 Å². The van der Waals surface area contributed by atoms with Crippen molar-refractivity contribution in [1.29, 1.82) is 0 Å². The zero-order valence-electron chi connectivity index (χ0n) is 12.9. The molecule has 0 bridgehead atoms. The van der Waals surface area contributed by atoms with Crippen molar-refractivity contribution in [3.05, 3.63) is 0 Å². The van der Waals surface area contributed by atoms with Gasteiger partial charge in [0.05, 0.1) is 12.6 Å². The molecular formula is C14H25NO4. The highest BCUT2D eigenvalue weighted by Gasteiger charge is 2.46. The van der Waals surface area contributed by atoms with Gasteiger partial charge in [0.2, 0.25) is 0 Å². The molecule has 2 atom stereocenters. The second-order valence-corrected chi connectivity index (χ2v) is 6.59. The van der Waals surface area contributed by atoms with Crippen LogP contribution in [0, 0.1) is 5.92 Å². The van der Waals surface area contributed by atoms with E-state index in [-0.39, 0.29) is 17.8 Å². The number of nitrogens with zero attached hydrogens (tertiary/aromatic N) is 1. The maximum atomic E-state index is 12.2. The van der Waals surface area contributed by atoms with Gasteiger partial charge in [-0.2, -0.15) is 0 Å². The number of carbonyl (C=O) groups is 2. The minimum atomic E-state index is -0.753. The Bertz CT molecular complexity index is 370. The highest BCUT2D eigenvalue weighted by atomic mass is 16.6. The quantitative estimate of drug-likeness (QED) is 0.774. The predicted octanol–water partition coefficient (Wildman–Crippen LogP) is 2.58. The van der Waals surface area contributed by atoms with Gasteiger partial charge in [-0.15, -0.1) is 0 Å². The van der Waals surface area contributed by atoms with Gasteiger partial charge in [-0.05, 0) is 41.5 Å². The Balaban J connectivity index is 2.80. The average Bonchev–Trinajstić information content (AvgIpc) is 2.50. The minimum Gasteiger partial charge on any atom is -0.444 e. The molecule has 1 amide bonds. The Kier molecular flexibility index (Phi) is 4.30. The summed E-state index contributed by atoms with van der Waals surface area (Å²) in [4.78, 5) is 25.1. The Hall–Kier alpha value is -1.10. The van der Waals surface area contributed by atoms with Gasteiger partial charge in [-0.1, -0.05) is 6.92 Å². The van der Waals surface area contributed by atoms with Gasteiger partial charge >= 0.3 is 6.09 Å². The summed E-state index contributed by atoms with van der Waals surface area (Å²) in [6, 6.07) is 0. The number of ketones is 1. The lowest BCUT2D eigenvalue weighted by Gasteiger charge is -2.31. The molecule has 0 radical (unpaired) electrons. The number of hydrogen-bond acceptors (Lipinski definition) is 4. The molecule has 1 fully saturated rings. The van der Waals surface area contributed by atoms with Crippen LogP contribution >= 0.6 is 0 Å². The number of Topliss-reactive ketones (excluding diaryl/α,β-unsaturated/α-hetero) is 1. The Labute approximate surface area is 115 Å². The van der Waals surface area contributed by atoms with Crippen molar-refractivity contribution in [1.82, 2.24) is 4.90 Å². The second-order valence-electron chi connectivity index (χ2n) is 6.59. The zero-order chi connectivity index (χ0) is 15.0. The van der Waals surface area contributed by atoms with Gasteiger partial charge in [0, 0.05) is 5.92 Å². The maximum Gasteiger partial charge on any atom is 0.412 e. The molecule has 1 aliphatic rings. The van der Waals surface area contributed by atoms with Crippen LogP contribution in [0.5, 0.6) is 0 Å². The summed E-state index contributed by atoms with van der Waals surface area (Å²) in [5.41, 5.74) is -1.30. The molecule has 0 saturated carbocycles. The molecule has 0 aliphatic carbocycles. The van der Waals surface area contributed by atoms with Crippen LogP contribution in [0.1, 0.15) is 48.5 Å². The van der Waals surface area contributed by atoms with Gasteiger partial charge in [0.15, 0.2) is 0 Å². The molecule has 19 heavy (non-hydrogen) atoms. The third-order valence-corrected chi connectivity index (χ3v) is 3.27. The van der Waals surface area contributed by atoms with Crippen LogP contribution in [0.4, 0.5) is 4.79 Å². The molecule has 1 rings (SSSR count). The van der Waals surface area contributed by atoms with E-state index in [4.69, 9.17) is 9.47 Å². The van der Waals surface area contributed by atoms with Crippen LogP contribution in [-0.2, 0) is 14.3 Å². The Morgan fingerprint density at radius 1 is 1.37 bits per heavy atom. The summed E-state index contributed by atoms with van der Waals surface area (Å²) in [5, 5.41) is 0. The zero-order valence-corrected chi connectivity index (χ0v) is 12.9. The summed E-state index contributed by atoms with van der Waals surface area (Å²) in [6.45, 7) is 12.8. The standard InChI is InChI=1S/C14H25NO4/c1-9(10(2)16)11-8-15(14(6,7)18-11)12(17)19-13(3,4)5/h9,11H,8H2,1-7H3/t9-,11+/m1/s1. The van der Waals surface area contributed by atoms with Crippen molar-refractivity contribution in [2.75, 3.05) is 6.54 Å². The van der Waals surface area contributed by atoms with E-state index < -0.39 is 17.4 Å². The SMILES string of the molecule is CC(=O)[C@@H](C)[C@@H]1CN(C(=O)OC(C)(C)C)C(C)(C)O1. The third kappa shape index (κ3) is 3.93. The van der Waals surface area contributed by atoms with Gasteiger partial charge in [0.1, 0.15) is 17.1 Å². The smallest absolute Gasteiger partial charge is 0.412 e. The number of hydrogen-bond donors (Lipinski definition) is 0. The molecule has 5 nitrogen and oxygen atoms in total. The van der Waals surface area contributed by atoms with E-state index >= 15 is 0 Å².